The molecule has 1 unspecified atom stereocenters. The summed E-state index contributed by atoms with van der Waals surface area (Å²) < 4.78 is 6.16. The molecular weight excluding hydrogens is 248 g/mol. The minimum absolute atomic E-state index is 0.200. The Morgan fingerprint density at radius 3 is 2.35 bits per heavy atom. The molecule has 0 aliphatic rings. The number of benzene rings is 1. The van der Waals surface area contributed by atoms with E-state index in [2.05, 4.69) is 50.0 Å². The maximum Gasteiger partial charge on any atom is 0.121 e. The first-order valence-electron chi connectivity index (χ1n) is 7.55. The lowest BCUT2D eigenvalue weighted by Crippen LogP contribution is -2.36. The first-order chi connectivity index (χ1) is 9.40. The lowest BCUT2D eigenvalue weighted by Gasteiger charge is -2.24. The predicted octanol–water partition coefficient (Wildman–Crippen LogP) is 3.40. The van der Waals surface area contributed by atoms with Crippen LogP contribution in [0.2, 0.25) is 0 Å². The summed E-state index contributed by atoms with van der Waals surface area (Å²) >= 11 is 0. The van der Waals surface area contributed by atoms with Crippen molar-refractivity contribution < 1.29 is 4.74 Å². The zero-order valence-corrected chi connectivity index (χ0v) is 13.8. The van der Waals surface area contributed by atoms with Crippen LogP contribution < -0.4 is 15.0 Å². The van der Waals surface area contributed by atoms with Crippen LogP contribution in [-0.4, -0.2) is 33.3 Å². The van der Waals surface area contributed by atoms with Gasteiger partial charge in [0.15, 0.2) is 0 Å². The Morgan fingerprint density at radius 1 is 1.10 bits per heavy atom. The fourth-order valence-corrected chi connectivity index (χ4v) is 1.94. The molecule has 0 heterocycles. The Labute approximate surface area is 124 Å². The van der Waals surface area contributed by atoms with Crippen LogP contribution in [0.1, 0.15) is 27.7 Å². The van der Waals surface area contributed by atoms with Crippen LogP contribution in [0.25, 0.3) is 0 Å². The maximum absolute atomic E-state index is 6.16. The third-order valence-electron chi connectivity index (χ3n) is 3.26. The highest BCUT2D eigenvalue weighted by molar-refractivity contribution is 5.49. The van der Waals surface area contributed by atoms with Gasteiger partial charge >= 0.3 is 0 Å². The average molecular weight is 278 g/mol. The molecule has 0 aliphatic carbocycles. The molecule has 0 amide bonds. The molecule has 3 nitrogen and oxygen atoms in total. The van der Waals surface area contributed by atoms with Crippen molar-refractivity contribution >= 4 is 5.69 Å². The van der Waals surface area contributed by atoms with Gasteiger partial charge in [-0.25, -0.2) is 0 Å². The quantitative estimate of drug-likeness (QED) is 0.789. The Balaban J connectivity index is 2.63. The second-order valence-electron chi connectivity index (χ2n) is 6.34. The fraction of sp³-hybridized carbons (Fsp3) is 0.647. The summed E-state index contributed by atoms with van der Waals surface area (Å²) in [5.41, 5.74) is 1.17. The summed E-state index contributed by atoms with van der Waals surface area (Å²) in [6.07, 6.45) is 0.200. The SMILES string of the molecule is CC(C)CNCC(Oc1cccc(N(C)C)c1)C(C)C. The van der Waals surface area contributed by atoms with E-state index in [1.54, 1.807) is 0 Å². The molecule has 1 N–H and O–H groups in total. The van der Waals surface area contributed by atoms with Crippen molar-refractivity contribution in [2.45, 2.75) is 33.8 Å². The summed E-state index contributed by atoms with van der Waals surface area (Å²) in [4.78, 5) is 2.09. The number of anilines is 1. The van der Waals surface area contributed by atoms with Crippen molar-refractivity contribution in [2.75, 3.05) is 32.1 Å². The largest absolute Gasteiger partial charge is 0.489 e. The Bertz CT molecular complexity index is 388. The predicted molar refractivity (Wildman–Crippen MR) is 87.7 cm³/mol. The van der Waals surface area contributed by atoms with Gasteiger partial charge in [-0.15, -0.1) is 0 Å². The fourth-order valence-electron chi connectivity index (χ4n) is 1.94. The van der Waals surface area contributed by atoms with E-state index in [1.165, 1.54) is 5.69 Å². The van der Waals surface area contributed by atoms with E-state index in [9.17, 15) is 0 Å². The maximum atomic E-state index is 6.16. The second kappa shape index (κ2) is 8.15. The molecule has 0 aromatic heterocycles. The van der Waals surface area contributed by atoms with Gasteiger partial charge in [0, 0.05) is 32.4 Å². The molecule has 0 saturated carbocycles. The molecule has 0 bridgehead atoms. The minimum Gasteiger partial charge on any atom is -0.489 e. The van der Waals surface area contributed by atoms with Crippen molar-refractivity contribution in [1.29, 1.82) is 0 Å². The second-order valence-corrected chi connectivity index (χ2v) is 6.34. The van der Waals surface area contributed by atoms with Crippen molar-refractivity contribution in [2.24, 2.45) is 11.8 Å². The van der Waals surface area contributed by atoms with Crippen molar-refractivity contribution in [3.63, 3.8) is 0 Å². The van der Waals surface area contributed by atoms with Gasteiger partial charge in [0.2, 0.25) is 0 Å². The molecule has 0 spiro atoms. The first kappa shape index (κ1) is 16.8. The van der Waals surface area contributed by atoms with E-state index < -0.39 is 0 Å². The molecule has 1 aromatic rings. The summed E-state index contributed by atoms with van der Waals surface area (Å²) in [6.45, 7) is 10.8. The number of nitrogens with zero attached hydrogens (tertiary/aromatic N) is 1. The van der Waals surface area contributed by atoms with Gasteiger partial charge in [0.05, 0.1) is 0 Å². The van der Waals surface area contributed by atoms with Gasteiger partial charge in [-0.2, -0.15) is 0 Å². The van der Waals surface area contributed by atoms with Crippen LogP contribution in [0.5, 0.6) is 5.75 Å². The van der Waals surface area contributed by atoms with Crippen LogP contribution in [0.3, 0.4) is 0 Å². The molecule has 1 rings (SSSR count). The van der Waals surface area contributed by atoms with Crippen LogP contribution >= 0.6 is 0 Å². The minimum atomic E-state index is 0.200. The molecule has 0 saturated heterocycles. The van der Waals surface area contributed by atoms with Gasteiger partial charge < -0.3 is 15.0 Å². The summed E-state index contributed by atoms with van der Waals surface area (Å²) in [5, 5.41) is 3.49. The molecule has 114 valence electrons. The third-order valence-corrected chi connectivity index (χ3v) is 3.26. The molecule has 0 aliphatic heterocycles. The van der Waals surface area contributed by atoms with Gasteiger partial charge in [-0.3, -0.25) is 0 Å². The zero-order valence-electron chi connectivity index (χ0n) is 13.8. The van der Waals surface area contributed by atoms with Crippen molar-refractivity contribution in [3.8, 4) is 5.75 Å². The van der Waals surface area contributed by atoms with Crippen LogP contribution in [0, 0.1) is 11.8 Å². The lowest BCUT2D eigenvalue weighted by atomic mass is 10.1. The number of rotatable bonds is 8. The van der Waals surface area contributed by atoms with E-state index in [1.807, 2.05) is 26.2 Å². The standard InChI is InChI=1S/C17H30N2O/c1-13(2)11-18-12-17(14(3)4)20-16-9-7-8-15(10-16)19(5)6/h7-10,13-14,17-18H,11-12H2,1-6H3. The van der Waals surface area contributed by atoms with Gasteiger partial charge in [0.1, 0.15) is 11.9 Å². The Morgan fingerprint density at radius 2 is 1.80 bits per heavy atom. The summed E-state index contributed by atoms with van der Waals surface area (Å²) in [7, 11) is 4.09. The van der Waals surface area contributed by atoms with E-state index >= 15 is 0 Å². The summed E-state index contributed by atoms with van der Waals surface area (Å²) in [5.74, 6) is 2.10. The molecule has 1 aromatic carbocycles. The number of hydrogen-bond acceptors (Lipinski definition) is 3. The highest BCUT2D eigenvalue weighted by Crippen LogP contribution is 2.21. The van der Waals surface area contributed by atoms with Crippen LogP contribution in [0.4, 0.5) is 5.69 Å². The zero-order chi connectivity index (χ0) is 15.1. The molecule has 3 heteroatoms. The normalized spacial score (nSPS) is 12.8. The highest BCUT2D eigenvalue weighted by atomic mass is 16.5. The molecule has 20 heavy (non-hydrogen) atoms. The Hall–Kier alpha value is -1.22. The van der Waals surface area contributed by atoms with Gasteiger partial charge in [-0.05, 0) is 30.5 Å². The molecule has 0 radical (unpaired) electrons. The van der Waals surface area contributed by atoms with E-state index in [4.69, 9.17) is 4.74 Å². The number of hydrogen-bond donors (Lipinski definition) is 1. The smallest absolute Gasteiger partial charge is 0.121 e. The summed E-state index contributed by atoms with van der Waals surface area (Å²) in [6, 6.07) is 8.26. The average Bonchev–Trinajstić information content (AvgIpc) is 2.37. The van der Waals surface area contributed by atoms with Gasteiger partial charge in [0.25, 0.3) is 0 Å². The van der Waals surface area contributed by atoms with E-state index in [0.717, 1.165) is 18.8 Å². The number of nitrogens with one attached hydrogen (secondary N) is 1. The van der Waals surface area contributed by atoms with Crippen LogP contribution in [-0.2, 0) is 0 Å². The Kier molecular flexibility index (Phi) is 6.86. The topological polar surface area (TPSA) is 24.5 Å². The van der Waals surface area contributed by atoms with Crippen molar-refractivity contribution in [1.82, 2.24) is 5.32 Å². The van der Waals surface area contributed by atoms with Gasteiger partial charge in [-0.1, -0.05) is 33.8 Å². The number of ether oxygens (including phenoxy) is 1. The lowest BCUT2D eigenvalue weighted by molar-refractivity contribution is 0.148. The molecule has 0 fully saturated rings. The molecule has 1 atom stereocenters. The highest BCUT2D eigenvalue weighted by Gasteiger charge is 2.15. The van der Waals surface area contributed by atoms with E-state index in [0.29, 0.717) is 11.8 Å². The van der Waals surface area contributed by atoms with Crippen LogP contribution in [0.15, 0.2) is 24.3 Å². The monoisotopic (exact) mass is 278 g/mol. The van der Waals surface area contributed by atoms with E-state index in [-0.39, 0.29) is 6.10 Å². The molecular formula is C17H30N2O. The van der Waals surface area contributed by atoms with Crippen molar-refractivity contribution in [3.05, 3.63) is 24.3 Å². The third kappa shape index (κ3) is 5.83. The first-order valence-corrected chi connectivity index (χ1v) is 7.55.